The zero-order valence-corrected chi connectivity index (χ0v) is 18.5. The molecule has 3 rings (SSSR count). The second-order valence-corrected chi connectivity index (χ2v) is 9.37. The van der Waals surface area contributed by atoms with Crippen LogP contribution in [0.3, 0.4) is 0 Å². The molecular weight excluding hydrogens is 390 g/mol. The Kier molecular flexibility index (Phi) is 7.11. The fourth-order valence-corrected chi connectivity index (χ4v) is 3.90. The lowest BCUT2D eigenvalue weighted by Crippen LogP contribution is -2.13. The van der Waals surface area contributed by atoms with Crippen molar-refractivity contribution in [2.24, 2.45) is 0 Å². The highest BCUT2D eigenvalue weighted by molar-refractivity contribution is 7.99. The minimum Gasteiger partial charge on any atom is -0.326 e. The van der Waals surface area contributed by atoms with Crippen molar-refractivity contribution in [3.8, 4) is 0 Å². The fraction of sp³-hybridized carbons (Fsp3) is 0.231. The fourth-order valence-electron chi connectivity index (χ4n) is 3.03. The molecule has 0 fully saturated rings. The molecule has 0 bridgehead atoms. The number of rotatable bonds is 7. The summed E-state index contributed by atoms with van der Waals surface area (Å²) in [5, 5.41) is 2.90. The zero-order chi connectivity index (χ0) is 21.6. The van der Waals surface area contributed by atoms with Crippen molar-refractivity contribution in [3.05, 3.63) is 95.6 Å². The predicted octanol–water partition coefficient (Wildman–Crippen LogP) is 6.34. The monoisotopic (exact) mass is 417 g/mol. The van der Waals surface area contributed by atoms with E-state index in [1.54, 1.807) is 30.0 Å². The highest BCUT2D eigenvalue weighted by Gasteiger charge is 2.15. The van der Waals surface area contributed by atoms with Gasteiger partial charge < -0.3 is 5.32 Å². The molecule has 3 aromatic rings. The van der Waals surface area contributed by atoms with Gasteiger partial charge in [-0.25, -0.2) is 0 Å². The number of carbonyl (C=O) groups excluding carboxylic acids is 2. The van der Waals surface area contributed by atoms with Gasteiger partial charge in [-0.1, -0.05) is 75.4 Å². The van der Waals surface area contributed by atoms with Crippen LogP contribution in [-0.2, 0) is 10.2 Å². The summed E-state index contributed by atoms with van der Waals surface area (Å²) in [5.74, 6) is 0.595. The summed E-state index contributed by atoms with van der Waals surface area (Å²) in [6, 6.07) is 24.9. The molecule has 0 aliphatic rings. The molecular formula is C26H27NO2S. The average molecular weight is 418 g/mol. The van der Waals surface area contributed by atoms with Crippen molar-refractivity contribution in [3.63, 3.8) is 0 Å². The first kappa shape index (κ1) is 21.8. The van der Waals surface area contributed by atoms with Gasteiger partial charge in [0.25, 0.3) is 0 Å². The molecule has 1 N–H and O–H groups in total. The van der Waals surface area contributed by atoms with E-state index in [4.69, 9.17) is 0 Å². The summed E-state index contributed by atoms with van der Waals surface area (Å²) in [5.41, 5.74) is 3.08. The van der Waals surface area contributed by atoms with Crippen molar-refractivity contribution < 1.29 is 9.59 Å². The molecule has 0 unspecified atom stereocenters. The zero-order valence-electron chi connectivity index (χ0n) is 17.6. The third-order valence-corrected chi connectivity index (χ3v) is 5.78. The van der Waals surface area contributed by atoms with E-state index in [0.717, 1.165) is 4.90 Å². The molecule has 30 heavy (non-hydrogen) atoms. The lowest BCUT2D eigenvalue weighted by atomic mass is 9.86. The Morgan fingerprint density at radius 3 is 2.20 bits per heavy atom. The molecule has 0 atom stereocenters. The number of amides is 1. The normalized spacial score (nSPS) is 11.2. The Morgan fingerprint density at radius 2 is 1.53 bits per heavy atom. The molecule has 0 aliphatic carbocycles. The summed E-state index contributed by atoms with van der Waals surface area (Å²) in [7, 11) is 0. The van der Waals surface area contributed by atoms with E-state index in [1.165, 1.54) is 5.56 Å². The van der Waals surface area contributed by atoms with Crippen LogP contribution < -0.4 is 5.32 Å². The van der Waals surface area contributed by atoms with Crippen LogP contribution in [-0.4, -0.2) is 17.4 Å². The summed E-state index contributed by atoms with van der Waals surface area (Å²) in [6.07, 6.45) is 0.409. The summed E-state index contributed by atoms with van der Waals surface area (Å²) in [6.45, 7) is 6.44. The van der Waals surface area contributed by atoms with Gasteiger partial charge in [0.2, 0.25) is 5.91 Å². The van der Waals surface area contributed by atoms with Crippen LogP contribution >= 0.6 is 11.8 Å². The number of hydrogen-bond donors (Lipinski definition) is 1. The minimum atomic E-state index is -0.0578. The van der Waals surface area contributed by atoms with Crippen LogP contribution in [0, 0.1) is 0 Å². The Labute approximate surface area is 182 Å². The maximum atomic E-state index is 12.9. The van der Waals surface area contributed by atoms with Crippen molar-refractivity contribution >= 4 is 29.1 Å². The molecule has 3 nitrogen and oxygen atoms in total. The van der Waals surface area contributed by atoms with Crippen LogP contribution in [0.1, 0.15) is 48.7 Å². The second-order valence-electron chi connectivity index (χ2n) is 8.20. The number of ketones is 1. The molecule has 0 aromatic heterocycles. The SMILES string of the molecule is CC(C)(C)c1ccc(C(=O)c2cccc(NC(=O)CCSc3ccccc3)c2)cc1. The smallest absolute Gasteiger partial charge is 0.225 e. The van der Waals surface area contributed by atoms with Crippen LogP contribution in [0.5, 0.6) is 0 Å². The standard InChI is InChI=1S/C26H27NO2S/c1-26(2,3)21-14-12-19(13-15-21)25(29)20-8-7-9-22(18-20)27-24(28)16-17-30-23-10-5-4-6-11-23/h4-15,18H,16-17H2,1-3H3,(H,27,28). The first-order valence-corrected chi connectivity index (χ1v) is 11.0. The number of anilines is 1. The molecule has 0 heterocycles. The van der Waals surface area contributed by atoms with Gasteiger partial charge in [-0.2, -0.15) is 0 Å². The third-order valence-electron chi connectivity index (χ3n) is 4.76. The number of carbonyl (C=O) groups is 2. The first-order valence-electron chi connectivity index (χ1n) is 10.1. The number of nitrogens with one attached hydrogen (secondary N) is 1. The van der Waals surface area contributed by atoms with E-state index in [9.17, 15) is 9.59 Å². The summed E-state index contributed by atoms with van der Waals surface area (Å²) < 4.78 is 0. The van der Waals surface area contributed by atoms with Gasteiger partial charge in [-0.05, 0) is 35.2 Å². The highest BCUT2D eigenvalue weighted by atomic mass is 32.2. The van der Waals surface area contributed by atoms with Crippen LogP contribution in [0.2, 0.25) is 0 Å². The van der Waals surface area contributed by atoms with E-state index < -0.39 is 0 Å². The Hall–Kier alpha value is -2.85. The third kappa shape index (κ3) is 6.07. The Bertz CT molecular complexity index is 1010. The van der Waals surface area contributed by atoms with Crippen molar-refractivity contribution in [2.75, 3.05) is 11.1 Å². The predicted molar refractivity (Wildman–Crippen MR) is 125 cm³/mol. The molecule has 0 aliphatic heterocycles. The molecule has 0 radical (unpaired) electrons. The molecule has 0 saturated heterocycles. The maximum absolute atomic E-state index is 12.9. The molecule has 1 amide bonds. The quantitative estimate of drug-likeness (QED) is 0.361. The lowest BCUT2D eigenvalue weighted by molar-refractivity contribution is -0.115. The minimum absolute atomic E-state index is 0.0462. The van der Waals surface area contributed by atoms with E-state index in [1.807, 2.05) is 60.7 Å². The van der Waals surface area contributed by atoms with Gasteiger partial charge >= 0.3 is 0 Å². The molecule has 154 valence electrons. The highest BCUT2D eigenvalue weighted by Crippen LogP contribution is 2.23. The number of hydrogen-bond acceptors (Lipinski definition) is 3. The summed E-state index contributed by atoms with van der Waals surface area (Å²) in [4.78, 5) is 26.3. The topological polar surface area (TPSA) is 46.2 Å². The molecule has 3 aromatic carbocycles. The van der Waals surface area contributed by atoms with E-state index in [0.29, 0.717) is 29.0 Å². The van der Waals surface area contributed by atoms with E-state index in [2.05, 4.69) is 26.1 Å². The second kappa shape index (κ2) is 9.77. The number of benzene rings is 3. The summed E-state index contributed by atoms with van der Waals surface area (Å²) >= 11 is 1.65. The van der Waals surface area contributed by atoms with Gasteiger partial charge in [0.05, 0.1) is 0 Å². The first-order chi connectivity index (χ1) is 14.3. The number of thioether (sulfide) groups is 1. The molecule has 0 saturated carbocycles. The van der Waals surface area contributed by atoms with Gasteiger partial charge in [-0.3, -0.25) is 9.59 Å². The van der Waals surface area contributed by atoms with E-state index in [-0.39, 0.29) is 17.1 Å². The molecule has 0 spiro atoms. The van der Waals surface area contributed by atoms with Crippen molar-refractivity contribution in [1.29, 1.82) is 0 Å². The van der Waals surface area contributed by atoms with Gasteiger partial charge in [0, 0.05) is 33.9 Å². The lowest BCUT2D eigenvalue weighted by Gasteiger charge is -2.19. The van der Waals surface area contributed by atoms with Gasteiger partial charge in [0.15, 0.2) is 5.78 Å². The average Bonchev–Trinajstić information content (AvgIpc) is 2.73. The van der Waals surface area contributed by atoms with Gasteiger partial charge in [-0.15, -0.1) is 11.8 Å². The largest absolute Gasteiger partial charge is 0.326 e. The Morgan fingerprint density at radius 1 is 0.833 bits per heavy atom. The maximum Gasteiger partial charge on any atom is 0.225 e. The van der Waals surface area contributed by atoms with Crippen molar-refractivity contribution in [1.82, 2.24) is 0 Å². The molecule has 4 heteroatoms. The van der Waals surface area contributed by atoms with Crippen molar-refractivity contribution in [2.45, 2.75) is 37.5 Å². The van der Waals surface area contributed by atoms with Crippen LogP contribution in [0.15, 0.2) is 83.8 Å². The van der Waals surface area contributed by atoms with E-state index >= 15 is 0 Å². The van der Waals surface area contributed by atoms with Crippen LogP contribution in [0.4, 0.5) is 5.69 Å². The van der Waals surface area contributed by atoms with Gasteiger partial charge in [0.1, 0.15) is 0 Å². The van der Waals surface area contributed by atoms with Crippen LogP contribution in [0.25, 0.3) is 0 Å². The Balaban J connectivity index is 1.59.